The highest BCUT2D eigenvalue weighted by Gasteiger charge is 2.10. The molecular weight excluding hydrogens is 252 g/mol. The molecule has 0 bridgehead atoms. The molecule has 1 aliphatic rings. The van der Waals surface area contributed by atoms with E-state index < -0.39 is 0 Å². The predicted octanol–water partition coefficient (Wildman–Crippen LogP) is 2.47. The van der Waals surface area contributed by atoms with Crippen LogP contribution in [0, 0.1) is 6.92 Å². The van der Waals surface area contributed by atoms with Crippen LogP contribution < -0.4 is 10.1 Å². The lowest BCUT2D eigenvalue weighted by atomic mass is 10.1. The number of likely N-dealkylation sites (tertiary alicyclic amines) is 1. The van der Waals surface area contributed by atoms with Crippen LogP contribution in [0.1, 0.15) is 38.4 Å². The Morgan fingerprint density at radius 2 is 2.05 bits per heavy atom. The Balaban J connectivity index is 1.80. The number of nitrogens with zero attached hydrogens (tertiary/aromatic N) is 3. The Labute approximate surface area is 121 Å². The number of ether oxygens (including phenoxy) is 1. The molecule has 1 aromatic rings. The molecule has 0 saturated carbocycles. The number of piperidine rings is 1. The summed E-state index contributed by atoms with van der Waals surface area (Å²) in [7, 11) is 0. The Morgan fingerprint density at radius 1 is 1.25 bits per heavy atom. The molecule has 5 heteroatoms. The van der Waals surface area contributed by atoms with Crippen LogP contribution in [0.2, 0.25) is 0 Å². The van der Waals surface area contributed by atoms with Crippen molar-refractivity contribution in [3.05, 3.63) is 11.9 Å². The van der Waals surface area contributed by atoms with Crippen LogP contribution >= 0.6 is 0 Å². The van der Waals surface area contributed by atoms with E-state index in [0.29, 0.717) is 12.5 Å². The van der Waals surface area contributed by atoms with E-state index in [4.69, 9.17) is 4.74 Å². The average Bonchev–Trinajstić information content (AvgIpc) is 2.46. The summed E-state index contributed by atoms with van der Waals surface area (Å²) in [6.45, 7) is 9.05. The molecule has 1 aliphatic heterocycles. The molecule has 0 aromatic carbocycles. The lowest BCUT2D eigenvalue weighted by Crippen LogP contribution is -2.33. The van der Waals surface area contributed by atoms with E-state index in [2.05, 4.69) is 27.1 Å². The van der Waals surface area contributed by atoms with Gasteiger partial charge in [-0.05, 0) is 39.3 Å². The van der Waals surface area contributed by atoms with E-state index >= 15 is 0 Å². The predicted molar refractivity (Wildman–Crippen MR) is 81.3 cm³/mol. The van der Waals surface area contributed by atoms with E-state index in [1.807, 2.05) is 13.0 Å². The van der Waals surface area contributed by atoms with E-state index in [-0.39, 0.29) is 0 Å². The summed E-state index contributed by atoms with van der Waals surface area (Å²) >= 11 is 0. The van der Waals surface area contributed by atoms with Crippen molar-refractivity contribution in [1.29, 1.82) is 0 Å². The molecule has 1 aromatic heterocycles. The molecule has 1 N–H and O–H groups in total. The molecule has 0 unspecified atom stereocenters. The van der Waals surface area contributed by atoms with Gasteiger partial charge in [0.25, 0.3) is 0 Å². The van der Waals surface area contributed by atoms with Crippen molar-refractivity contribution < 1.29 is 4.74 Å². The number of nitrogens with one attached hydrogen (secondary N) is 1. The number of hydrogen-bond donors (Lipinski definition) is 1. The highest BCUT2D eigenvalue weighted by molar-refractivity contribution is 5.38. The Hall–Kier alpha value is -1.36. The fourth-order valence-corrected chi connectivity index (χ4v) is 2.42. The summed E-state index contributed by atoms with van der Waals surface area (Å²) in [5.41, 5.74) is 0. The first-order valence-electron chi connectivity index (χ1n) is 7.72. The van der Waals surface area contributed by atoms with Crippen LogP contribution in [-0.2, 0) is 0 Å². The number of aryl methyl sites for hydroxylation is 1. The van der Waals surface area contributed by atoms with Gasteiger partial charge in [-0.25, -0.2) is 4.98 Å². The maximum Gasteiger partial charge on any atom is 0.218 e. The summed E-state index contributed by atoms with van der Waals surface area (Å²) in [6, 6.07) is 1.89. The second-order valence-corrected chi connectivity index (χ2v) is 5.32. The quantitative estimate of drug-likeness (QED) is 0.830. The zero-order chi connectivity index (χ0) is 14.2. The maximum atomic E-state index is 5.78. The number of aromatic nitrogens is 2. The minimum absolute atomic E-state index is 0.674. The normalized spacial score (nSPS) is 16.1. The SMILES string of the molecule is CCCNc1cc(OCCN2CCCCC2)nc(C)n1. The van der Waals surface area contributed by atoms with Gasteiger partial charge in [0.05, 0.1) is 0 Å². The molecule has 2 rings (SSSR count). The lowest BCUT2D eigenvalue weighted by molar-refractivity contribution is 0.180. The van der Waals surface area contributed by atoms with Crippen LogP contribution in [0.15, 0.2) is 6.07 Å². The highest BCUT2D eigenvalue weighted by atomic mass is 16.5. The van der Waals surface area contributed by atoms with Crippen molar-refractivity contribution in [3.8, 4) is 5.88 Å². The van der Waals surface area contributed by atoms with Gasteiger partial charge < -0.3 is 10.1 Å². The lowest BCUT2D eigenvalue weighted by Gasteiger charge is -2.26. The van der Waals surface area contributed by atoms with Crippen LogP contribution in [0.3, 0.4) is 0 Å². The van der Waals surface area contributed by atoms with Gasteiger partial charge in [-0.15, -0.1) is 0 Å². The number of anilines is 1. The fourth-order valence-electron chi connectivity index (χ4n) is 2.42. The Morgan fingerprint density at radius 3 is 2.80 bits per heavy atom. The first-order chi connectivity index (χ1) is 9.78. The fraction of sp³-hybridized carbons (Fsp3) is 0.733. The first kappa shape index (κ1) is 15.0. The van der Waals surface area contributed by atoms with Crippen molar-refractivity contribution in [3.63, 3.8) is 0 Å². The summed E-state index contributed by atoms with van der Waals surface area (Å²) in [4.78, 5) is 11.2. The van der Waals surface area contributed by atoms with E-state index in [1.54, 1.807) is 0 Å². The standard InChI is InChI=1S/C15H26N4O/c1-3-7-16-14-12-15(18-13(2)17-14)20-11-10-19-8-5-4-6-9-19/h12H,3-11H2,1-2H3,(H,16,17,18). The maximum absolute atomic E-state index is 5.78. The van der Waals surface area contributed by atoms with Crippen molar-refractivity contribution in [2.45, 2.75) is 39.5 Å². The van der Waals surface area contributed by atoms with Gasteiger partial charge in [-0.3, -0.25) is 4.90 Å². The summed E-state index contributed by atoms with van der Waals surface area (Å²) in [5.74, 6) is 2.28. The average molecular weight is 278 g/mol. The molecular formula is C15H26N4O. The molecule has 20 heavy (non-hydrogen) atoms. The van der Waals surface area contributed by atoms with Crippen LogP contribution in [0.5, 0.6) is 5.88 Å². The number of hydrogen-bond acceptors (Lipinski definition) is 5. The monoisotopic (exact) mass is 278 g/mol. The summed E-state index contributed by atoms with van der Waals surface area (Å²) < 4.78 is 5.78. The minimum Gasteiger partial charge on any atom is -0.476 e. The molecule has 0 atom stereocenters. The molecule has 2 heterocycles. The zero-order valence-electron chi connectivity index (χ0n) is 12.7. The van der Waals surface area contributed by atoms with E-state index in [0.717, 1.165) is 31.2 Å². The topological polar surface area (TPSA) is 50.3 Å². The van der Waals surface area contributed by atoms with Crippen LogP contribution in [0.4, 0.5) is 5.82 Å². The first-order valence-corrected chi connectivity index (χ1v) is 7.72. The second-order valence-electron chi connectivity index (χ2n) is 5.32. The summed E-state index contributed by atoms with van der Waals surface area (Å²) in [5, 5.41) is 3.27. The van der Waals surface area contributed by atoms with Crippen LogP contribution in [0.25, 0.3) is 0 Å². The molecule has 0 amide bonds. The molecule has 5 nitrogen and oxygen atoms in total. The largest absolute Gasteiger partial charge is 0.476 e. The van der Waals surface area contributed by atoms with Crippen LogP contribution in [-0.4, -0.2) is 47.7 Å². The Kier molecular flexibility index (Phi) is 6.05. The third-order valence-corrected chi connectivity index (χ3v) is 3.48. The van der Waals surface area contributed by atoms with Gasteiger partial charge in [0.1, 0.15) is 18.2 Å². The Bertz CT molecular complexity index is 405. The zero-order valence-corrected chi connectivity index (χ0v) is 12.7. The molecule has 0 radical (unpaired) electrons. The van der Waals surface area contributed by atoms with Crippen molar-refractivity contribution in [1.82, 2.24) is 14.9 Å². The van der Waals surface area contributed by atoms with Crippen molar-refractivity contribution >= 4 is 5.82 Å². The second kappa shape index (κ2) is 8.04. The van der Waals surface area contributed by atoms with E-state index in [9.17, 15) is 0 Å². The van der Waals surface area contributed by atoms with Gasteiger partial charge in [-0.1, -0.05) is 13.3 Å². The molecule has 1 saturated heterocycles. The molecule has 112 valence electrons. The molecule has 0 aliphatic carbocycles. The summed E-state index contributed by atoms with van der Waals surface area (Å²) in [6.07, 6.45) is 5.08. The van der Waals surface area contributed by atoms with E-state index in [1.165, 1.54) is 32.4 Å². The third-order valence-electron chi connectivity index (χ3n) is 3.48. The molecule has 1 fully saturated rings. The van der Waals surface area contributed by atoms with Crippen molar-refractivity contribution in [2.24, 2.45) is 0 Å². The smallest absolute Gasteiger partial charge is 0.218 e. The van der Waals surface area contributed by atoms with Gasteiger partial charge >= 0.3 is 0 Å². The third kappa shape index (κ3) is 4.96. The van der Waals surface area contributed by atoms with Gasteiger partial charge in [0, 0.05) is 19.2 Å². The van der Waals surface area contributed by atoms with Crippen molar-refractivity contribution in [2.75, 3.05) is 38.1 Å². The minimum atomic E-state index is 0.674. The van der Waals surface area contributed by atoms with Gasteiger partial charge in [0.2, 0.25) is 5.88 Å². The molecule has 0 spiro atoms. The van der Waals surface area contributed by atoms with Gasteiger partial charge in [-0.2, -0.15) is 4.98 Å². The highest BCUT2D eigenvalue weighted by Crippen LogP contribution is 2.14. The van der Waals surface area contributed by atoms with Gasteiger partial charge in [0.15, 0.2) is 0 Å². The number of rotatable bonds is 7.